The van der Waals surface area contributed by atoms with Crippen molar-refractivity contribution in [3.8, 4) is 0 Å². The van der Waals surface area contributed by atoms with E-state index in [1.54, 1.807) is 20.1 Å². The highest BCUT2D eigenvalue weighted by Gasteiger charge is 2.13. The highest BCUT2D eigenvalue weighted by Crippen LogP contribution is 1.92. The van der Waals surface area contributed by atoms with E-state index >= 15 is 0 Å². The Balaban J connectivity index is 3.64. The molecule has 1 unspecified atom stereocenters. The lowest BCUT2D eigenvalue weighted by Crippen LogP contribution is -2.50. The van der Waals surface area contributed by atoms with Crippen LogP contribution in [0.5, 0.6) is 0 Å². The maximum atomic E-state index is 11.5. The number of carbonyl (C=O) groups is 2. The van der Waals surface area contributed by atoms with Crippen molar-refractivity contribution in [1.82, 2.24) is 16.2 Å². The molecular formula is C12H23N3O4. The van der Waals surface area contributed by atoms with Gasteiger partial charge >= 0.3 is 6.03 Å². The minimum absolute atomic E-state index is 0.406. The van der Waals surface area contributed by atoms with Gasteiger partial charge in [0, 0.05) is 20.3 Å². The van der Waals surface area contributed by atoms with Gasteiger partial charge < -0.3 is 14.8 Å². The van der Waals surface area contributed by atoms with E-state index < -0.39 is 18.0 Å². The van der Waals surface area contributed by atoms with Crippen molar-refractivity contribution in [3.63, 3.8) is 0 Å². The van der Waals surface area contributed by atoms with Crippen molar-refractivity contribution in [2.24, 2.45) is 0 Å². The molecule has 19 heavy (non-hydrogen) atoms. The standard InChI is InChI=1S/C12H23N3O4/c1-4-5-9-19-10(2)11(16)14-15-12(17)13-7-6-8-18-3/h4,10H,1,5-9H2,2-3H3,(H,14,16)(H2,13,15,17). The van der Waals surface area contributed by atoms with Gasteiger partial charge in [0.05, 0.1) is 6.61 Å². The van der Waals surface area contributed by atoms with E-state index in [-0.39, 0.29) is 0 Å². The summed E-state index contributed by atoms with van der Waals surface area (Å²) in [6.07, 6.45) is 2.45. The lowest BCUT2D eigenvalue weighted by atomic mass is 10.4. The number of hydrogen-bond acceptors (Lipinski definition) is 4. The second kappa shape index (κ2) is 11.5. The Bertz CT molecular complexity index is 284. The normalized spacial score (nSPS) is 11.5. The number of rotatable bonds is 9. The summed E-state index contributed by atoms with van der Waals surface area (Å²) in [7, 11) is 1.59. The molecule has 1 atom stereocenters. The number of hydrazine groups is 1. The zero-order valence-electron chi connectivity index (χ0n) is 11.5. The topological polar surface area (TPSA) is 88.7 Å². The summed E-state index contributed by atoms with van der Waals surface area (Å²) < 4.78 is 10.1. The number of methoxy groups -OCH3 is 1. The van der Waals surface area contributed by atoms with Crippen LogP contribution in [0.2, 0.25) is 0 Å². The van der Waals surface area contributed by atoms with Crippen LogP contribution < -0.4 is 16.2 Å². The van der Waals surface area contributed by atoms with E-state index in [9.17, 15) is 9.59 Å². The average Bonchev–Trinajstić information content (AvgIpc) is 2.41. The fourth-order valence-corrected chi connectivity index (χ4v) is 1.09. The summed E-state index contributed by atoms with van der Waals surface area (Å²) in [5.74, 6) is -0.406. The summed E-state index contributed by atoms with van der Waals surface area (Å²) in [5, 5.41) is 2.57. The molecule has 7 nitrogen and oxygen atoms in total. The Morgan fingerprint density at radius 3 is 2.68 bits per heavy atom. The number of carbonyl (C=O) groups excluding carboxylic acids is 2. The summed E-state index contributed by atoms with van der Waals surface area (Å²) in [6, 6.07) is -0.470. The molecule has 3 N–H and O–H groups in total. The first-order valence-electron chi connectivity index (χ1n) is 6.17. The number of urea groups is 1. The number of nitrogens with one attached hydrogen (secondary N) is 3. The second-order valence-corrected chi connectivity index (χ2v) is 3.81. The molecule has 0 aromatic carbocycles. The molecule has 0 aliphatic carbocycles. The first kappa shape index (κ1) is 17.4. The number of hydrogen-bond donors (Lipinski definition) is 3. The molecule has 0 saturated carbocycles. The third kappa shape index (κ3) is 10.0. The molecule has 7 heteroatoms. The van der Waals surface area contributed by atoms with Gasteiger partial charge in [0.15, 0.2) is 0 Å². The fourth-order valence-electron chi connectivity index (χ4n) is 1.09. The Labute approximate surface area is 113 Å². The molecule has 0 aromatic heterocycles. The molecule has 0 aromatic rings. The lowest BCUT2D eigenvalue weighted by molar-refractivity contribution is -0.132. The van der Waals surface area contributed by atoms with Crippen molar-refractivity contribution in [1.29, 1.82) is 0 Å². The van der Waals surface area contributed by atoms with Gasteiger partial charge in [0.2, 0.25) is 0 Å². The first-order chi connectivity index (χ1) is 9.11. The summed E-state index contributed by atoms with van der Waals surface area (Å²) >= 11 is 0. The molecule has 0 heterocycles. The molecule has 0 bridgehead atoms. The van der Waals surface area contributed by atoms with Gasteiger partial charge in [-0.25, -0.2) is 10.2 Å². The van der Waals surface area contributed by atoms with Crippen molar-refractivity contribution in [2.45, 2.75) is 25.9 Å². The monoisotopic (exact) mass is 273 g/mol. The number of ether oxygens (including phenoxy) is 2. The van der Waals surface area contributed by atoms with Crippen molar-refractivity contribution >= 4 is 11.9 Å². The molecular weight excluding hydrogens is 250 g/mol. The fraction of sp³-hybridized carbons (Fsp3) is 0.667. The zero-order chi connectivity index (χ0) is 14.5. The predicted octanol–water partition coefficient (Wildman–Crippen LogP) is 0.335. The van der Waals surface area contributed by atoms with Crippen molar-refractivity contribution < 1.29 is 19.1 Å². The van der Waals surface area contributed by atoms with E-state index in [1.165, 1.54) is 0 Å². The third-order valence-corrected chi connectivity index (χ3v) is 2.17. The summed E-state index contributed by atoms with van der Waals surface area (Å²) in [5.41, 5.74) is 4.51. The Morgan fingerprint density at radius 1 is 1.32 bits per heavy atom. The molecule has 0 spiro atoms. The van der Waals surface area contributed by atoms with Crippen LogP contribution in [0.3, 0.4) is 0 Å². The second-order valence-electron chi connectivity index (χ2n) is 3.81. The Hall–Kier alpha value is -1.60. The van der Waals surface area contributed by atoms with Gasteiger partial charge in [-0.1, -0.05) is 6.08 Å². The minimum atomic E-state index is -0.631. The van der Waals surface area contributed by atoms with Crippen LogP contribution in [0.15, 0.2) is 12.7 Å². The molecule has 0 rings (SSSR count). The van der Waals surface area contributed by atoms with Crippen molar-refractivity contribution in [3.05, 3.63) is 12.7 Å². The Morgan fingerprint density at radius 2 is 2.05 bits per heavy atom. The highest BCUT2D eigenvalue weighted by atomic mass is 16.5. The SMILES string of the molecule is C=CCCOC(C)C(=O)NNC(=O)NCCCOC. The molecule has 0 aliphatic rings. The van der Waals surface area contributed by atoms with Gasteiger partial charge in [0.25, 0.3) is 5.91 Å². The smallest absolute Gasteiger partial charge is 0.333 e. The third-order valence-electron chi connectivity index (χ3n) is 2.17. The maximum Gasteiger partial charge on any atom is 0.333 e. The lowest BCUT2D eigenvalue weighted by Gasteiger charge is -2.13. The largest absolute Gasteiger partial charge is 0.385 e. The molecule has 0 radical (unpaired) electrons. The van der Waals surface area contributed by atoms with Gasteiger partial charge in [-0.2, -0.15) is 0 Å². The molecule has 110 valence electrons. The highest BCUT2D eigenvalue weighted by molar-refractivity contribution is 5.83. The van der Waals surface area contributed by atoms with Crippen LogP contribution in [-0.2, 0) is 14.3 Å². The van der Waals surface area contributed by atoms with Crippen LogP contribution in [0.4, 0.5) is 4.79 Å². The minimum Gasteiger partial charge on any atom is -0.385 e. The van der Waals surface area contributed by atoms with Gasteiger partial charge in [0.1, 0.15) is 6.10 Å². The van der Waals surface area contributed by atoms with Crippen molar-refractivity contribution in [2.75, 3.05) is 26.9 Å². The van der Waals surface area contributed by atoms with E-state index in [0.717, 1.165) is 0 Å². The van der Waals surface area contributed by atoms with Crippen LogP contribution in [-0.4, -0.2) is 44.9 Å². The molecule has 0 saturated heterocycles. The van der Waals surface area contributed by atoms with Gasteiger partial charge in [-0.15, -0.1) is 6.58 Å². The van der Waals surface area contributed by atoms with E-state index in [0.29, 0.717) is 32.6 Å². The Kier molecular flexibility index (Phi) is 10.5. The maximum absolute atomic E-state index is 11.5. The van der Waals surface area contributed by atoms with Crippen LogP contribution in [0.25, 0.3) is 0 Å². The quantitative estimate of drug-likeness (QED) is 0.321. The predicted molar refractivity (Wildman–Crippen MR) is 71.4 cm³/mol. The first-order valence-corrected chi connectivity index (χ1v) is 6.17. The van der Waals surface area contributed by atoms with Gasteiger partial charge in [-0.05, 0) is 19.8 Å². The van der Waals surface area contributed by atoms with E-state index in [1.807, 2.05) is 0 Å². The van der Waals surface area contributed by atoms with Gasteiger partial charge in [-0.3, -0.25) is 10.2 Å². The number of amides is 3. The van der Waals surface area contributed by atoms with Crippen LogP contribution in [0, 0.1) is 0 Å². The summed E-state index contributed by atoms with van der Waals surface area (Å²) in [6.45, 7) is 6.62. The van der Waals surface area contributed by atoms with Crippen LogP contribution >= 0.6 is 0 Å². The zero-order valence-corrected chi connectivity index (χ0v) is 11.5. The molecule has 0 aliphatic heterocycles. The van der Waals surface area contributed by atoms with E-state index in [4.69, 9.17) is 9.47 Å². The molecule has 3 amide bonds. The summed E-state index contributed by atoms with van der Waals surface area (Å²) in [4.78, 5) is 22.8. The van der Waals surface area contributed by atoms with E-state index in [2.05, 4.69) is 22.7 Å². The molecule has 0 fully saturated rings. The average molecular weight is 273 g/mol. The van der Waals surface area contributed by atoms with Crippen LogP contribution in [0.1, 0.15) is 19.8 Å².